The molecule has 2 aliphatic heterocycles. The number of hydrogen-bond donors (Lipinski definition) is 0. The molecule has 0 aromatic heterocycles. The summed E-state index contributed by atoms with van der Waals surface area (Å²) in [5.41, 5.74) is 0. The second-order valence-corrected chi connectivity index (χ2v) is 6.27. The van der Waals surface area contributed by atoms with Crippen LogP contribution in [0.25, 0.3) is 0 Å². The topological polar surface area (TPSA) is 46.6 Å². The van der Waals surface area contributed by atoms with Gasteiger partial charge in [0.05, 0.1) is 0 Å². The molecule has 2 rings (SSSR count). The van der Waals surface area contributed by atoms with Gasteiger partial charge in [0.25, 0.3) is 0 Å². The number of likely N-dealkylation sites (tertiary alicyclic amines) is 1. The fourth-order valence-electron chi connectivity index (χ4n) is 2.47. The van der Waals surface area contributed by atoms with Gasteiger partial charge in [0, 0.05) is 44.9 Å². The smallest absolute Gasteiger partial charge is 0.223 e. The van der Waals surface area contributed by atoms with Gasteiger partial charge in [0.1, 0.15) is 0 Å². The molecule has 2 saturated heterocycles. The Morgan fingerprint density at radius 2 is 2.18 bits per heavy atom. The van der Waals surface area contributed by atoms with E-state index in [0.29, 0.717) is 12.3 Å². The number of thioether (sulfide) groups is 1. The Balaban J connectivity index is 1.80. The molecule has 0 N–H and O–H groups in total. The number of carbonyl (C=O) groups excluding carboxylic acids is 2. The Labute approximate surface area is 106 Å². The summed E-state index contributed by atoms with van der Waals surface area (Å²) < 4.78 is 5.31. The number of ether oxygens (including phenoxy) is 1. The van der Waals surface area contributed by atoms with E-state index in [0.717, 1.165) is 39.1 Å². The van der Waals surface area contributed by atoms with Crippen LogP contribution in [-0.4, -0.2) is 47.5 Å². The third-order valence-corrected chi connectivity index (χ3v) is 4.31. The molecule has 1 amide bonds. The molecule has 2 fully saturated rings. The highest BCUT2D eigenvalue weighted by Gasteiger charge is 2.32. The quantitative estimate of drug-likeness (QED) is 0.764. The van der Waals surface area contributed by atoms with Crippen molar-refractivity contribution in [1.29, 1.82) is 0 Å². The van der Waals surface area contributed by atoms with E-state index in [-0.39, 0.29) is 16.3 Å². The summed E-state index contributed by atoms with van der Waals surface area (Å²) in [5, 5.41) is 0.274. The Hall–Kier alpha value is -0.550. The first-order valence-corrected chi connectivity index (χ1v) is 7.06. The highest BCUT2D eigenvalue weighted by Crippen LogP contribution is 2.26. The molecule has 0 aliphatic carbocycles. The average Bonchev–Trinajstić information content (AvgIpc) is 2.59. The van der Waals surface area contributed by atoms with E-state index >= 15 is 0 Å². The van der Waals surface area contributed by atoms with E-state index in [1.807, 2.05) is 4.90 Å². The van der Waals surface area contributed by atoms with Gasteiger partial charge in [-0.1, -0.05) is 11.8 Å². The zero-order chi connectivity index (χ0) is 12.3. The van der Waals surface area contributed by atoms with Gasteiger partial charge in [-0.2, -0.15) is 0 Å². The highest BCUT2D eigenvalue weighted by molar-refractivity contribution is 8.14. The molecular weight excluding hydrogens is 238 g/mol. The highest BCUT2D eigenvalue weighted by atomic mass is 32.2. The van der Waals surface area contributed by atoms with E-state index in [4.69, 9.17) is 4.74 Å². The first-order valence-electron chi connectivity index (χ1n) is 6.18. The van der Waals surface area contributed by atoms with Crippen LogP contribution < -0.4 is 0 Å². The van der Waals surface area contributed by atoms with Crippen molar-refractivity contribution in [3.05, 3.63) is 0 Å². The zero-order valence-corrected chi connectivity index (χ0v) is 11.0. The van der Waals surface area contributed by atoms with Crippen molar-refractivity contribution in [3.63, 3.8) is 0 Å². The standard InChI is InChI=1S/C12H19NO3S/c1-9(14)17-11-6-12(15)13(8-11)7-10-2-4-16-5-3-10/h10-11H,2-8H2,1H3. The maximum atomic E-state index is 11.8. The van der Waals surface area contributed by atoms with Crippen molar-refractivity contribution in [3.8, 4) is 0 Å². The molecule has 2 aliphatic rings. The van der Waals surface area contributed by atoms with Gasteiger partial charge in [-0.05, 0) is 18.8 Å². The van der Waals surface area contributed by atoms with Crippen LogP contribution >= 0.6 is 11.8 Å². The summed E-state index contributed by atoms with van der Waals surface area (Å²) in [6, 6.07) is 0. The molecule has 1 unspecified atom stereocenters. The molecule has 0 aromatic carbocycles. The van der Waals surface area contributed by atoms with Crippen LogP contribution in [0.3, 0.4) is 0 Å². The Kier molecular flexibility index (Phi) is 4.45. The third kappa shape index (κ3) is 3.71. The second-order valence-electron chi connectivity index (χ2n) is 4.79. The molecule has 17 heavy (non-hydrogen) atoms. The van der Waals surface area contributed by atoms with Gasteiger partial charge in [-0.15, -0.1) is 0 Å². The van der Waals surface area contributed by atoms with Gasteiger partial charge in [0.2, 0.25) is 5.91 Å². The van der Waals surface area contributed by atoms with E-state index < -0.39 is 0 Å². The second kappa shape index (κ2) is 5.87. The monoisotopic (exact) mass is 257 g/mol. The number of nitrogens with zero attached hydrogens (tertiary/aromatic N) is 1. The molecule has 0 bridgehead atoms. The Morgan fingerprint density at radius 1 is 1.47 bits per heavy atom. The predicted molar refractivity (Wildman–Crippen MR) is 66.8 cm³/mol. The normalized spacial score (nSPS) is 26.5. The lowest BCUT2D eigenvalue weighted by molar-refractivity contribution is -0.128. The number of rotatable bonds is 3. The fourth-order valence-corrected chi connectivity index (χ4v) is 3.42. The van der Waals surface area contributed by atoms with Gasteiger partial charge < -0.3 is 9.64 Å². The molecule has 4 nitrogen and oxygen atoms in total. The van der Waals surface area contributed by atoms with Gasteiger partial charge in [-0.25, -0.2) is 0 Å². The first kappa shape index (κ1) is 12.9. The number of amides is 1. The van der Waals surface area contributed by atoms with Crippen molar-refractivity contribution in [2.45, 2.75) is 31.4 Å². The number of hydrogen-bond acceptors (Lipinski definition) is 4. The molecular formula is C12H19NO3S. The van der Waals surface area contributed by atoms with Crippen molar-refractivity contribution in [1.82, 2.24) is 4.90 Å². The van der Waals surface area contributed by atoms with E-state index in [9.17, 15) is 9.59 Å². The van der Waals surface area contributed by atoms with Crippen LogP contribution in [0.2, 0.25) is 0 Å². The summed E-state index contributed by atoms with van der Waals surface area (Å²) in [6.45, 7) is 4.78. The lowest BCUT2D eigenvalue weighted by atomic mass is 10.00. The predicted octanol–water partition coefficient (Wildman–Crippen LogP) is 1.29. The van der Waals surface area contributed by atoms with Crippen LogP contribution in [0, 0.1) is 5.92 Å². The summed E-state index contributed by atoms with van der Waals surface area (Å²) in [6.07, 6.45) is 2.62. The maximum Gasteiger partial charge on any atom is 0.223 e. The lowest BCUT2D eigenvalue weighted by Crippen LogP contribution is -2.33. The first-order chi connectivity index (χ1) is 8.15. The summed E-state index contributed by atoms with van der Waals surface area (Å²) >= 11 is 1.31. The minimum Gasteiger partial charge on any atom is -0.381 e. The summed E-state index contributed by atoms with van der Waals surface area (Å²) in [5.74, 6) is 0.781. The Morgan fingerprint density at radius 3 is 2.82 bits per heavy atom. The van der Waals surface area contributed by atoms with E-state index in [2.05, 4.69) is 0 Å². The summed E-state index contributed by atoms with van der Waals surface area (Å²) in [7, 11) is 0. The third-order valence-electron chi connectivity index (χ3n) is 3.33. The molecule has 2 heterocycles. The van der Waals surface area contributed by atoms with Crippen LogP contribution in [0.4, 0.5) is 0 Å². The fraction of sp³-hybridized carbons (Fsp3) is 0.833. The van der Waals surface area contributed by atoms with Crippen molar-refractivity contribution < 1.29 is 14.3 Å². The molecule has 0 radical (unpaired) electrons. The lowest BCUT2D eigenvalue weighted by Gasteiger charge is -2.27. The molecule has 0 aromatic rings. The summed E-state index contributed by atoms with van der Waals surface area (Å²) in [4.78, 5) is 24.8. The van der Waals surface area contributed by atoms with Crippen LogP contribution in [0.5, 0.6) is 0 Å². The van der Waals surface area contributed by atoms with Crippen LogP contribution in [0.15, 0.2) is 0 Å². The van der Waals surface area contributed by atoms with Gasteiger partial charge in [-0.3, -0.25) is 9.59 Å². The minimum absolute atomic E-state index is 0.107. The Bertz CT molecular complexity index is 302. The zero-order valence-electron chi connectivity index (χ0n) is 10.2. The van der Waals surface area contributed by atoms with Crippen molar-refractivity contribution in [2.75, 3.05) is 26.3 Å². The SMILES string of the molecule is CC(=O)SC1CC(=O)N(CC2CCOCC2)C1. The average molecular weight is 257 g/mol. The van der Waals surface area contributed by atoms with Crippen molar-refractivity contribution in [2.24, 2.45) is 5.92 Å². The minimum atomic E-state index is 0.107. The van der Waals surface area contributed by atoms with Crippen molar-refractivity contribution >= 4 is 22.8 Å². The van der Waals surface area contributed by atoms with E-state index in [1.165, 1.54) is 11.8 Å². The molecule has 96 valence electrons. The largest absolute Gasteiger partial charge is 0.381 e. The molecule has 0 saturated carbocycles. The molecule has 5 heteroatoms. The van der Waals surface area contributed by atoms with Gasteiger partial charge >= 0.3 is 0 Å². The van der Waals surface area contributed by atoms with Crippen LogP contribution in [0.1, 0.15) is 26.2 Å². The maximum absolute atomic E-state index is 11.8. The molecule has 1 atom stereocenters. The molecule has 0 spiro atoms. The van der Waals surface area contributed by atoms with Crippen LogP contribution in [-0.2, 0) is 14.3 Å². The van der Waals surface area contributed by atoms with E-state index in [1.54, 1.807) is 6.92 Å². The number of carbonyl (C=O) groups is 2. The van der Waals surface area contributed by atoms with Gasteiger partial charge in [0.15, 0.2) is 5.12 Å².